The van der Waals surface area contributed by atoms with E-state index in [1.807, 2.05) is 0 Å². The maximum Gasteiger partial charge on any atom is 0.696 e. The van der Waals surface area contributed by atoms with Crippen molar-refractivity contribution in [2.75, 3.05) is 20.8 Å². The number of nitrogens with zero attached hydrogens (tertiary/aromatic N) is 1. The lowest BCUT2D eigenvalue weighted by molar-refractivity contribution is 0.170. The summed E-state index contributed by atoms with van der Waals surface area (Å²) in [6, 6.07) is 0. The van der Waals surface area contributed by atoms with Gasteiger partial charge in [-0.3, -0.25) is 4.90 Å². The molecule has 1 atom stereocenters. The highest BCUT2D eigenvalue weighted by molar-refractivity contribution is 7.32. The second-order valence-electron chi connectivity index (χ2n) is 1.58. The number of hydrogen-bond donors (Lipinski definition) is 1. The predicted octanol–water partition coefficient (Wildman–Crippen LogP) is 0.172. The van der Waals surface area contributed by atoms with Crippen molar-refractivity contribution in [3.63, 3.8) is 0 Å². The molecule has 0 radical (unpaired) electrons. The quantitative estimate of drug-likeness (QED) is 0.446. The molecule has 0 spiro atoms. The van der Waals surface area contributed by atoms with Crippen LogP contribution < -0.4 is 0 Å². The molecule has 0 aliphatic heterocycles. The Balaban J connectivity index is 3.05. The van der Waals surface area contributed by atoms with Crippen molar-refractivity contribution in [1.82, 2.24) is 4.90 Å². The van der Waals surface area contributed by atoms with Crippen LogP contribution in [0.3, 0.4) is 0 Å². The first kappa shape index (κ1) is 7.98. The van der Waals surface area contributed by atoms with Crippen LogP contribution in [0.2, 0.25) is 0 Å². The smallest absolute Gasteiger partial charge is 0.283 e. The highest BCUT2D eigenvalue weighted by atomic mass is 31.1. The topological polar surface area (TPSA) is 49.8 Å². The summed E-state index contributed by atoms with van der Waals surface area (Å²) in [5, 5.41) is 0. The van der Waals surface area contributed by atoms with Crippen LogP contribution in [0, 0.1) is 0 Å². The van der Waals surface area contributed by atoms with Crippen molar-refractivity contribution in [1.29, 1.82) is 0 Å². The lowest BCUT2D eigenvalue weighted by Crippen LogP contribution is -2.13. The van der Waals surface area contributed by atoms with Gasteiger partial charge < -0.3 is 0 Å². The van der Waals surface area contributed by atoms with Gasteiger partial charge in [0.05, 0.1) is 0 Å². The molecule has 0 aromatic heterocycles. The van der Waals surface area contributed by atoms with Crippen LogP contribution in [0.5, 0.6) is 0 Å². The molecule has 5 heteroatoms. The third-order valence-corrected chi connectivity index (χ3v) is 0.763. The average Bonchev–Trinajstić information content (AvgIpc) is 1.61. The van der Waals surface area contributed by atoms with Gasteiger partial charge in [0.25, 0.3) is 0 Å². The van der Waals surface area contributed by atoms with Crippen molar-refractivity contribution >= 4 is 8.25 Å². The standard InChI is InChI=1S/C3H8NO3P/c1-4(2)3-7-8(5)6/h3H2,1-2H3/p+1. The molecule has 0 saturated carbocycles. The molecule has 0 aliphatic carbocycles. The molecule has 48 valence electrons. The van der Waals surface area contributed by atoms with Crippen molar-refractivity contribution < 1.29 is 14.0 Å². The van der Waals surface area contributed by atoms with Crippen LogP contribution in [-0.4, -0.2) is 30.6 Å². The van der Waals surface area contributed by atoms with Crippen LogP contribution >= 0.6 is 8.25 Å². The molecule has 0 saturated heterocycles. The van der Waals surface area contributed by atoms with Gasteiger partial charge >= 0.3 is 8.25 Å². The van der Waals surface area contributed by atoms with E-state index < -0.39 is 8.25 Å². The monoisotopic (exact) mass is 138 g/mol. The molecule has 1 unspecified atom stereocenters. The summed E-state index contributed by atoms with van der Waals surface area (Å²) >= 11 is 0. The number of hydrogen-bond acceptors (Lipinski definition) is 3. The maximum absolute atomic E-state index is 9.80. The van der Waals surface area contributed by atoms with Gasteiger partial charge in [0.15, 0.2) is 6.73 Å². The molecule has 4 nitrogen and oxygen atoms in total. The van der Waals surface area contributed by atoms with Gasteiger partial charge in [0.2, 0.25) is 0 Å². The van der Waals surface area contributed by atoms with Gasteiger partial charge in [-0.05, 0) is 14.1 Å². The highest BCUT2D eigenvalue weighted by Gasteiger charge is 2.10. The van der Waals surface area contributed by atoms with E-state index in [-0.39, 0.29) is 6.73 Å². The summed E-state index contributed by atoms with van der Waals surface area (Å²) in [4.78, 5) is 9.72. The Kier molecular flexibility index (Phi) is 3.91. The fourth-order valence-corrected chi connectivity index (χ4v) is 0.495. The van der Waals surface area contributed by atoms with E-state index in [4.69, 9.17) is 4.89 Å². The van der Waals surface area contributed by atoms with E-state index in [0.717, 1.165) is 0 Å². The van der Waals surface area contributed by atoms with Crippen molar-refractivity contribution in [2.24, 2.45) is 0 Å². The van der Waals surface area contributed by atoms with Crippen molar-refractivity contribution in [2.45, 2.75) is 0 Å². The van der Waals surface area contributed by atoms with Crippen LogP contribution in [0.1, 0.15) is 0 Å². The van der Waals surface area contributed by atoms with Crippen LogP contribution in [0.4, 0.5) is 0 Å². The minimum atomic E-state index is -2.42. The molecule has 0 fully saturated rings. The van der Waals surface area contributed by atoms with Gasteiger partial charge in [-0.2, -0.15) is 0 Å². The molecule has 0 bridgehead atoms. The van der Waals surface area contributed by atoms with Gasteiger partial charge in [-0.1, -0.05) is 0 Å². The van der Waals surface area contributed by atoms with Gasteiger partial charge in [0.1, 0.15) is 0 Å². The summed E-state index contributed by atoms with van der Waals surface area (Å²) in [7, 11) is 1.07. The molecule has 0 amide bonds. The molecular weight excluding hydrogens is 129 g/mol. The SMILES string of the molecule is CN(C)CO[P+](=O)O. The Morgan fingerprint density at radius 2 is 2.25 bits per heavy atom. The summed E-state index contributed by atoms with van der Waals surface area (Å²) in [6.45, 7) is 0.186. The largest absolute Gasteiger partial charge is 0.696 e. The van der Waals surface area contributed by atoms with E-state index in [0.29, 0.717) is 0 Å². The molecule has 0 heterocycles. The van der Waals surface area contributed by atoms with E-state index >= 15 is 0 Å². The Hall–Kier alpha value is -0.0200. The third-order valence-electron chi connectivity index (χ3n) is 0.426. The zero-order valence-corrected chi connectivity index (χ0v) is 5.76. The first-order valence-electron chi connectivity index (χ1n) is 2.06. The lowest BCUT2D eigenvalue weighted by atomic mass is 11.0. The van der Waals surface area contributed by atoms with Crippen molar-refractivity contribution in [3.8, 4) is 0 Å². The summed E-state index contributed by atoms with van der Waals surface area (Å²) in [5.74, 6) is 0. The Labute approximate surface area is 49.0 Å². The minimum Gasteiger partial charge on any atom is -0.283 e. The maximum atomic E-state index is 9.80. The van der Waals surface area contributed by atoms with E-state index in [1.165, 1.54) is 0 Å². The van der Waals surface area contributed by atoms with E-state index in [1.54, 1.807) is 19.0 Å². The van der Waals surface area contributed by atoms with E-state index in [2.05, 4.69) is 4.52 Å². The second-order valence-corrected chi connectivity index (χ2v) is 2.31. The third kappa shape index (κ3) is 5.98. The van der Waals surface area contributed by atoms with Crippen LogP contribution in [0.15, 0.2) is 0 Å². The normalized spacial score (nSPS) is 12.2. The first-order valence-corrected chi connectivity index (χ1v) is 3.19. The predicted molar refractivity (Wildman–Crippen MR) is 29.5 cm³/mol. The average molecular weight is 138 g/mol. The second kappa shape index (κ2) is 3.92. The summed E-state index contributed by atoms with van der Waals surface area (Å²) in [5.41, 5.74) is 0. The molecule has 0 aliphatic rings. The molecule has 0 aromatic rings. The summed E-state index contributed by atoms with van der Waals surface area (Å²) in [6.07, 6.45) is 0. The zero-order valence-electron chi connectivity index (χ0n) is 4.87. The molecule has 0 rings (SSSR count). The van der Waals surface area contributed by atoms with Gasteiger partial charge in [-0.25, -0.2) is 0 Å². The fraction of sp³-hybridized carbons (Fsp3) is 1.00. The Bertz CT molecular complexity index is 84.6. The molecule has 1 N–H and O–H groups in total. The van der Waals surface area contributed by atoms with Crippen molar-refractivity contribution in [3.05, 3.63) is 0 Å². The summed E-state index contributed by atoms with van der Waals surface area (Å²) < 4.78 is 14.1. The van der Waals surface area contributed by atoms with Gasteiger partial charge in [-0.15, -0.1) is 9.42 Å². The molecular formula is C3H9NO3P+. The van der Waals surface area contributed by atoms with Crippen LogP contribution in [0.25, 0.3) is 0 Å². The first-order chi connectivity index (χ1) is 3.63. The zero-order chi connectivity index (χ0) is 6.57. The fourth-order valence-electron chi connectivity index (χ4n) is 0.165. The number of rotatable bonds is 3. The molecule has 8 heavy (non-hydrogen) atoms. The van der Waals surface area contributed by atoms with Gasteiger partial charge in [0, 0.05) is 4.57 Å². The highest BCUT2D eigenvalue weighted by Crippen LogP contribution is 2.13. The van der Waals surface area contributed by atoms with E-state index in [9.17, 15) is 4.57 Å². The Morgan fingerprint density at radius 1 is 1.75 bits per heavy atom. The lowest BCUT2D eigenvalue weighted by Gasteiger charge is -1.99. The minimum absolute atomic E-state index is 0.186. The molecule has 0 aromatic carbocycles. The Morgan fingerprint density at radius 3 is 2.38 bits per heavy atom. The van der Waals surface area contributed by atoms with Crippen LogP contribution in [-0.2, 0) is 9.09 Å².